The van der Waals surface area contributed by atoms with E-state index in [1.54, 1.807) is 42.7 Å². The average Bonchev–Trinajstić information content (AvgIpc) is 3.03. The highest BCUT2D eigenvalue weighted by Crippen LogP contribution is 2.26. The van der Waals surface area contributed by atoms with Crippen LogP contribution in [0.25, 0.3) is 0 Å². The number of nitrogens with one attached hydrogen (secondary N) is 1. The van der Waals surface area contributed by atoms with Crippen molar-refractivity contribution in [2.75, 3.05) is 20.3 Å². The Labute approximate surface area is 146 Å². The Balaban J connectivity index is 1.38. The van der Waals surface area contributed by atoms with E-state index in [9.17, 15) is 4.79 Å². The number of benzene rings is 1. The first kappa shape index (κ1) is 16.8. The first-order valence-electron chi connectivity index (χ1n) is 8.25. The van der Waals surface area contributed by atoms with E-state index in [0.29, 0.717) is 12.3 Å². The number of amides is 1. The quantitative estimate of drug-likeness (QED) is 0.837. The molecule has 1 aromatic heterocycles. The van der Waals surface area contributed by atoms with Crippen molar-refractivity contribution in [1.29, 1.82) is 0 Å². The molecular weight excluding hydrogens is 324 g/mol. The number of rotatable bonds is 7. The predicted molar refractivity (Wildman–Crippen MR) is 94.0 cm³/mol. The Morgan fingerprint density at radius 3 is 2.71 bits per heavy atom. The lowest BCUT2D eigenvalue weighted by atomic mass is 10.0. The molecule has 0 unspecified atom stereocenters. The van der Waals surface area contributed by atoms with Gasteiger partial charge < -0.3 is 14.8 Å². The van der Waals surface area contributed by atoms with Crippen molar-refractivity contribution in [2.24, 2.45) is 0 Å². The molecule has 1 aliphatic carbocycles. The van der Waals surface area contributed by atoms with Crippen LogP contribution in [0.2, 0.25) is 0 Å². The smallest absolute Gasteiger partial charge is 0.257 e. The maximum absolute atomic E-state index is 11.8. The minimum Gasteiger partial charge on any atom is -0.497 e. The summed E-state index contributed by atoms with van der Waals surface area (Å²) >= 11 is 1.80. The first-order valence-corrected chi connectivity index (χ1v) is 9.07. The highest BCUT2D eigenvalue weighted by molar-refractivity contribution is 7.11. The summed E-state index contributed by atoms with van der Waals surface area (Å²) in [6.07, 6.45) is 5.57. The predicted octanol–water partition coefficient (Wildman–Crippen LogP) is 2.77. The fourth-order valence-electron chi connectivity index (χ4n) is 2.69. The minimum absolute atomic E-state index is 0.0146. The van der Waals surface area contributed by atoms with Crippen LogP contribution in [0.1, 0.15) is 28.4 Å². The number of nitrogens with zero attached hydrogens (tertiary/aromatic N) is 1. The number of carbonyl (C=O) groups excluding carboxylic acids is 1. The molecule has 0 bridgehead atoms. The van der Waals surface area contributed by atoms with Crippen molar-refractivity contribution in [3.05, 3.63) is 39.8 Å². The Kier molecular flexibility index (Phi) is 5.69. The van der Waals surface area contributed by atoms with Crippen LogP contribution in [-0.4, -0.2) is 31.2 Å². The van der Waals surface area contributed by atoms with E-state index >= 15 is 0 Å². The zero-order valence-electron chi connectivity index (χ0n) is 13.8. The van der Waals surface area contributed by atoms with Crippen LogP contribution < -0.4 is 14.8 Å². The standard InChI is InChI=1S/C18H22N2O3S/c1-22-13-6-8-14(9-7-13)23-12-17(21)19-11-10-18-20-15-4-2-3-5-16(15)24-18/h6-9H,2-5,10-12H2,1H3,(H,19,21). The highest BCUT2D eigenvalue weighted by Gasteiger charge is 2.14. The summed E-state index contributed by atoms with van der Waals surface area (Å²) in [7, 11) is 1.61. The molecule has 5 nitrogen and oxygen atoms in total. The van der Waals surface area contributed by atoms with Crippen LogP contribution in [0.4, 0.5) is 0 Å². The third-order valence-electron chi connectivity index (χ3n) is 3.98. The fourth-order valence-corrected chi connectivity index (χ4v) is 3.85. The first-order chi connectivity index (χ1) is 11.7. The van der Waals surface area contributed by atoms with Crippen molar-refractivity contribution >= 4 is 17.2 Å². The molecule has 1 aliphatic rings. The summed E-state index contributed by atoms with van der Waals surface area (Å²) in [6.45, 7) is 0.609. The van der Waals surface area contributed by atoms with Crippen LogP contribution in [0.15, 0.2) is 24.3 Å². The maximum atomic E-state index is 11.8. The number of fused-ring (bicyclic) bond motifs is 1. The molecule has 3 rings (SSSR count). The second-order valence-corrected chi connectivity index (χ2v) is 6.92. The molecule has 0 fully saturated rings. The summed E-state index contributed by atoms with van der Waals surface area (Å²) in [5.41, 5.74) is 1.27. The summed E-state index contributed by atoms with van der Waals surface area (Å²) in [4.78, 5) is 18.0. The van der Waals surface area contributed by atoms with Gasteiger partial charge in [0, 0.05) is 17.8 Å². The molecule has 1 aromatic carbocycles. The number of thiazole rings is 1. The molecule has 1 amide bonds. The lowest BCUT2D eigenvalue weighted by Gasteiger charge is -2.07. The van der Waals surface area contributed by atoms with Crippen molar-refractivity contribution < 1.29 is 14.3 Å². The van der Waals surface area contributed by atoms with Crippen molar-refractivity contribution in [2.45, 2.75) is 32.1 Å². The van der Waals surface area contributed by atoms with Gasteiger partial charge in [-0.15, -0.1) is 11.3 Å². The van der Waals surface area contributed by atoms with Gasteiger partial charge in [-0.05, 0) is 49.9 Å². The van der Waals surface area contributed by atoms with Crippen molar-refractivity contribution in [3.8, 4) is 11.5 Å². The second-order valence-electron chi connectivity index (χ2n) is 5.75. The third kappa shape index (κ3) is 4.47. The van der Waals surface area contributed by atoms with Gasteiger partial charge in [0.05, 0.1) is 17.8 Å². The largest absolute Gasteiger partial charge is 0.497 e. The van der Waals surface area contributed by atoms with E-state index in [4.69, 9.17) is 9.47 Å². The Morgan fingerprint density at radius 2 is 1.96 bits per heavy atom. The van der Waals surface area contributed by atoms with Crippen LogP contribution >= 0.6 is 11.3 Å². The molecular formula is C18H22N2O3S. The van der Waals surface area contributed by atoms with E-state index in [1.807, 2.05) is 0 Å². The van der Waals surface area contributed by atoms with Gasteiger partial charge in [-0.2, -0.15) is 0 Å². The molecule has 0 aliphatic heterocycles. The van der Waals surface area contributed by atoms with E-state index in [-0.39, 0.29) is 12.5 Å². The fraction of sp³-hybridized carbons (Fsp3) is 0.444. The van der Waals surface area contributed by atoms with Crippen LogP contribution in [-0.2, 0) is 24.1 Å². The van der Waals surface area contributed by atoms with E-state index in [1.165, 1.54) is 23.4 Å². The molecule has 24 heavy (non-hydrogen) atoms. The number of aryl methyl sites for hydroxylation is 2. The molecule has 0 radical (unpaired) electrons. The monoisotopic (exact) mass is 346 g/mol. The topological polar surface area (TPSA) is 60.5 Å². The van der Waals surface area contributed by atoms with Gasteiger partial charge in [-0.3, -0.25) is 4.79 Å². The SMILES string of the molecule is COc1ccc(OCC(=O)NCCc2nc3c(s2)CCCC3)cc1. The Morgan fingerprint density at radius 1 is 1.21 bits per heavy atom. The zero-order chi connectivity index (χ0) is 16.8. The van der Waals surface area contributed by atoms with E-state index < -0.39 is 0 Å². The van der Waals surface area contributed by atoms with Crippen molar-refractivity contribution in [1.82, 2.24) is 10.3 Å². The van der Waals surface area contributed by atoms with Gasteiger partial charge in [0.15, 0.2) is 6.61 Å². The van der Waals surface area contributed by atoms with Crippen molar-refractivity contribution in [3.63, 3.8) is 0 Å². The summed E-state index contributed by atoms with van der Waals surface area (Å²) < 4.78 is 10.5. The third-order valence-corrected chi connectivity index (χ3v) is 5.20. The molecule has 1 N–H and O–H groups in total. The van der Waals surface area contributed by atoms with E-state index in [0.717, 1.165) is 30.0 Å². The molecule has 0 atom stereocenters. The lowest BCUT2D eigenvalue weighted by molar-refractivity contribution is -0.123. The molecule has 0 saturated heterocycles. The minimum atomic E-state index is -0.118. The van der Waals surface area contributed by atoms with Crippen LogP contribution in [0, 0.1) is 0 Å². The van der Waals surface area contributed by atoms with Gasteiger partial charge in [0.1, 0.15) is 11.5 Å². The normalized spacial score (nSPS) is 13.2. The Bertz CT molecular complexity index is 659. The summed E-state index contributed by atoms with van der Waals surface area (Å²) in [6, 6.07) is 7.17. The van der Waals surface area contributed by atoms with Gasteiger partial charge in [0.2, 0.25) is 0 Å². The number of carbonyl (C=O) groups is 1. The highest BCUT2D eigenvalue weighted by atomic mass is 32.1. The summed E-state index contributed by atoms with van der Waals surface area (Å²) in [5, 5.41) is 4.01. The average molecular weight is 346 g/mol. The van der Waals surface area contributed by atoms with Gasteiger partial charge in [0.25, 0.3) is 5.91 Å². The lowest BCUT2D eigenvalue weighted by Crippen LogP contribution is -2.30. The molecule has 2 aromatic rings. The van der Waals surface area contributed by atoms with Gasteiger partial charge in [-0.1, -0.05) is 0 Å². The Hall–Kier alpha value is -2.08. The maximum Gasteiger partial charge on any atom is 0.257 e. The number of hydrogen-bond acceptors (Lipinski definition) is 5. The molecule has 0 saturated carbocycles. The molecule has 128 valence electrons. The van der Waals surface area contributed by atoms with Gasteiger partial charge in [-0.25, -0.2) is 4.98 Å². The molecule has 0 spiro atoms. The van der Waals surface area contributed by atoms with E-state index in [2.05, 4.69) is 10.3 Å². The number of aromatic nitrogens is 1. The molecule has 1 heterocycles. The number of hydrogen-bond donors (Lipinski definition) is 1. The zero-order valence-corrected chi connectivity index (χ0v) is 14.7. The molecule has 6 heteroatoms. The van der Waals surface area contributed by atoms with Crippen LogP contribution in [0.3, 0.4) is 0 Å². The summed E-state index contributed by atoms with van der Waals surface area (Å²) in [5.74, 6) is 1.30. The number of ether oxygens (including phenoxy) is 2. The number of methoxy groups -OCH3 is 1. The second kappa shape index (κ2) is 8.15. The van der Waals surface area contributed by atoms with Gasteiger partial charge >= 0.3 is 0 Å². The van der Waals surface area contributed by atoms with Crippen LogP contribution in [0.5, 0.6) is 11.5 Å².